The molecule has 8 nitrogen and oxygen atoms in total. The molecule has 9 heteroatoms. The van der Waals surface area contributed by atoms with Gasteiger partial charge in [0.05, 0.1) is 12.1 Å². The van der Waals surface area contributed by atoms with E-state index in [1.807, 2.05) is 36.4 Å². The number of rotatable bonds is 7. The lowest BCUT2D eigenvalue weighted by Crippen LogP contribution is -2.36. The van der Waals surface area contributed by atoms with E-state index < -0.39 is 30.6 Å². The molecule has 1 aliphatic carbocycles. The number of amides is 2. The molecule has 0 fully saturated rings. The van der Waals surface area contributed by atoms with Crippen molar-refractivity contribution in [3.05, 3.63) is 87.9 Å². The van der Waals surface area contributed by atoms with Crippen LogP contribution in [0.3, 0.4) is 0 Å². The summed E-state index contributed by atoms with van der Waals surface area (Å²) < 4.78 is 5.96. The van der Waals surface area contributed by atoms with Crippen molar-refractivity contribution in [2.75, 3.05) is 18.5 Å². The summed E-state index contributed by atoms with van der Waals surface area (Å²) in [6.45, 7) is -0.304. The van der Waals surface area contributed by atoms with E-state index in [4.69, 9.17) is 9.84 Å². The molecule has 34 heavy (non-hydrogen) atoms. The van der Waals surface area contributed by atoms with Crippen LogP contribution in [0.4, 0.5) is 10.5 Å². The SMILES string of the molecule is O=C(Nc1ccc(Br)c(C(=O)NC[C@H](O)C(=O)O)c1)OCC1c2ccccc2-c2ccccc21. The third-order valence-electron chi connectivity index (χ3n) is 5.54. The second-order valence-electron chi connectivity index (χ2n) is 7.71. The molecular weight excluding hydrogens is 504 g/mol. The van der Waals surface area contributed by atoms with Crippen LogP contribution in [0, 0.1) is 0 Å². The highest BCUT2D eigenvalue weighted by Gasteiger charge is 2.29. The number of aliphatic hydroxyl groups excluding tert-OH is 1. The first-order chi connectivity index (χ1) is 16.3. The molecule has 0 aliphatic heterocycles. The summed E-state index contributed by atoms with van der Waals surface area (Å²) >= 11 is 3.26. The second kappa shape index (κ2) is 10.1. The lowest BCUT2D eigenvalue weighted by atomic mass is 9.98. The van der Waals surface area contributed by atoms with Gasteiger partial charge < -0.3 is 20.3 Å². The van der Waals surface area contributed by atoms with Crippen LogP contribution >= 0.6 is 15.9 Å². The smallest absolute Gasteiger partial charge is 0.411 e. The number of aliphatic carboxylic acids is 1. The van der Waals surface area contributed by atoms with Gasteiger partial charge in [0.1, 0.15) is 6.61 Å². The van der Waals surface area contributed by atoms with Gasteiger partial charge in [0.15, 0.2) is 6.10 Å². The summed E-state index contributed by atoms with van der Waals surface area (Å²) in [4.78, 5) is 35.6. The average Bonchev–Trinajstić information content (AvgIpc) is 3.16. The van der Waals surface area contributed by atoms with E-state index in [1.54, 1.807) is 12.1 Å². The molecule has 4 rings (SSSR count). The Hall–Kier alpha value is -3.69. The fraction of sp³-hybridized carbons (Fsp3) is 0.160. The number of halogens is 1. The van der Waals surface area contributed by atoms with Crippen LogP contribution in [0.2, 0.25) is 0 Å². The van der Waals surface area contributed by atoms with Crippen molar-refractivity contribution in [2.45, 2.75) is 12.0 Å². The molecule has 1 aliphatic rings. The van der Waals surface area contributed by atoms with E-state index in [-0.39, 0.29) is 18.1 Å². The Bertz CT molecular complexity index is 1220. The number of hydrogen-bond acceptors (Lipinski definition) is 5. The summed E-state index contributed by atoms with van der Waals surface area (Å²) in [7, 11) is 0. The minimum Gasteiger partial charge on any atom is -0.479 e. The number of carboxylic acids is 1. The monoisotopic (exact) mass is 524 g/mol. The molecule has 0 bridgehead atoms. The second-order valence-corrected chi connectivity index (χ2v) is 8.56. The van der Waals surface area contributed by atoms with Crippen molar-refractivity contribution in [3.8, 4) is 11.1 Å². The van der Waals surface area contributed by atoms with Gasteiger partial charge in [-0.15, -0.1) is 0 Å². The molecule has 0 unspecified atom stereocenters. The van der Waals surface area contributed by atoms with E-state index >= 15 is 0 Å². The first-order valence-corrected chi connectivity index (χ1v) is 11.2. The maximum Gasteiger partial charge on any atom is 0.411 e. The van der Waals surface area contributed by atoms with Gasteiger partial charge in [0.2, 0.25) is 0 Å². The summed E-state index contributed by atoms with van der Waals surface area (Å²) in [5.41, 5.74) is 4.94. The van der Waals surface area contributed by atoms with E-state index in [0.29, 0.717) is 10.2 Å². The molecule has 1 atom stereocenters. The van der Waals surface area contributed by atoms with Gasteiger partial charge in [-0.2, -0.15) is 0 Å². The summed E-state index contributed by atoms with van der Waals surface area (Å²) in [5, 5.41) is 23.0. The van der Waals surface area contributed by atoms with E-state index in [1.165, 1.54) is 6.07 Å². The van der Waals surface area contributed by atoms with E-state index in [9.17, 15) is 19.5 Å². The molecule has 0 radical (unpaired) electrons. The number of fused-ring (bicyclic) bond motifs is 3. The standard InChI is InChI=1S/C25H21BrN2O6/c26-21-10-9-14(11-19(21)23(30)27-12-22(29)24(31)32)28-25(33)34-13-20-17-7-3-1-5-15(17)16-6-2-4-8-18(16)20/h1-11,20,22,29H,12-13H2,(H,27,30)(H,28,33)(H,31,32)/t22-/m0/s1. The lowest BCUT2D eigenvalue weighted by Gasteiger charge is -2.15. The van der Waals surface area contributed by atoms with Gasteiger partial charge >= 0.3 is 12.1 Å². The Morgan fingerprint density at radius 2 is 1.59 bits per heavy atom. The predicted molar refractivity (Wildman–Crippen MR) is 129 cm³/mol. The quantitative estimate of drug-likeness (QED) is 0.370. The largest absolute Gasteiger partial charge is 0.479 e. The topological polar surface area (TPSA) is 125 Å². The van der Waals surface area contributed by atoms with Crippen LogP contribution in [0.1, 0.15) is 27.4 Å². The first-order valence-electron chi connectivity index (χ1n) is 10.5. The molecule has 174 valence electrons. The van der Waals surface area contributed by atoms with Gasteiger partial charge in [0, 0.05) is 16.1 Å². The number of aliphatic hydroxyl groups is 1. The average molecular weight is 525 g/mol. The molecular formula is C25H21BrN2O6. The Kier molecular flexibility index (Phi) is 6.95. The van der Waals surface area contributed by atoms with Gasteiger partial charge in [0.25, 0.3) is 5.91 Å². The predicted octanol–water partition coefficient (Wildman–Crippen LogP) is 3.99. The highest BCUT2D eigenvalue weighted by atomic mass is 79.9. The van der Waals surface area contributed by atoms with Crippen molar-refractivity contribution in [3.63, 3.8) is 0 Å². The molecule has 3 aromatic rings. The van der Waals surface area contributed by atoms with Gasteiger partial charge in [-0.25, -0.2) is 9.59 Å². The van der Waals surface area contributed by atoms with Crippen LogP contribution in [0.5, 0.6) is 0 Å². The van der Waals surface area contributed by atoms with Crippen molar-refractivity contribution in [1.29, 1.82) is 0 Å². The Morgan fingerprint density at radius 1 is 0.971 bits per heavy atom. The zero-order chi connectivity index (χ0) is 24.2. The molecule has 0 aromatic heterocycles. The Morgan fingerprint density at radius 3 is 2.21 bits per heavy atom. The molecule has 0 heterocycles. The summed E-state index contributed by atoms with van der Waals surface area (Å²) in [5.74, 6) is -2.13. The maximum absolute atomic E-state index is 12.5. The summed E-state index contributed by atoms with van der Waals surface area (Å²) in [6, 6.07) is 20.6. The fourth-order valence-electron chi connectivity index (χ4n) is 3.90. The summed E-state index contributed by atoms with van der Waals surface area (Å²) in [6.07, 6.45) is -2.39. The first kappa shape index (κ1) is 23.5. The minimum atomic E-state index is -1.72. The van der Waals surface area contributed by atoms with Crippen LogP contribution in [-0.4, -0.2) is 47.4 Å². The van der Waals surface area contributed by atoms with Crippen LogP contribution in [0.25, 0.3) is 11.1 Å². The van der Waals surface area contributed by atoms with Crippen molar-refractivity contribution in [1.82, 2.24) is 5.32 Å². The van der Waals surface area contributed by atoms with E-state index in [0.717, 1.165) is 22.3 Å². The maximum atomic E-state index is 12.5. The van der Waals surface area contributed by atoms with Gasteiger partial charge in [-0.05, 0) is 56.4 Å². The number of carbonyl (C=O) groups is 3. The lowest BCUT2D eigenvalue weighted by molar-refractivity contribution is -0.146. The molecule has 0 saturated carbocycles. The van der Waals surface area contributed by atoms with Crippen LogP contribution < -0.4 is 10.6 Å². The highest BCUT2D eigenvalue weighted by molar-refractivity contribution is 9.10. The molecule has 2 amide bonds. The number of nitrogens with one attached hydrogen (secondary N) is 2. The number of carbonyl (C=O) groups excluding carboxylic acids is 2. The fourth-order valence-corrected chi connectivity index (χ4v) is 4.33. The number of benzene rings is 3. The van der Waals surface area contributed by atoms with Crippen molar-refractivity contribution in [2.24, 2.45) is 0 Å². The van der Waals surface area contributed by atoms with Crippen molar-refractivity contribution < 1.29 is 29.3 Å². The molecule has 0 spiro atoms. The normalized spacial score (nSPS) is 12.9. The molecule has 4 N–H and O–H groups in total. The molecule has 3 aromatic carbocycles. The highest BCUT2D eigenvalue weighted by Crippen LogP contribution is 2.44. The zero-order valence-electron chi connectivity index (χ0n) is 17.8. The molecule has 0 saturated heterocycles. The Labute approximate surface area is 203 Å². The van der Waals surface area contributed by atoms with Gasteiger partial charge in [-0.1, -0.05) is 48.5 Å². The zero-order valence-corrected chi connectivity index (χ0v) is 19.4. The number of hydrogen-bond donors (Lipinski definition) is 4. The third kappa shape index (κ3) is 4.95. The number of anilines is 1. The minimum absolute atomic E-state index is 0.0786. The Balaban J connectivity index is 1.41. The number of ether oxygens (including phenoxy) is 1. The number of carboxylic acid groups (broad SMARTS) is 1. The van der Waals surface area contributed by atoms with Crippen molar-refractivity contribution >= 4 is 39.6 Å². The van der Waals surface area contributed by atoms with Crippen LogP contribution in [-0.2, 0) is 9.53 Å². The van der Waals surface area contributed by atoms with Crippen LogP contribution in [0.15, 0.2) is 71.2 Å². The van der Waals surface area contributed by atoms with E-state index in [2.05, 4.69) is 38.7 Å². The third-order valence-corrected chi connectivity index (χ3v) is 6.23. The van der Waals surface area contributed by atoms with Gasteiger partial charge in [-0.3, -0.25) is 10.1 Å².